The quantitative estimate of drug-likeness (QED) is 0.511. The minimum absolute atomic E-state index is 0.305. The number of allylic oxidation sites excluding steroid dienone is 1. The molecule has 14 heavy (non-hydrogen) atoms. The standard InChI is InChI=1S/C11H17NO2/c1-5-9(4)11(6-2,8-12)10(13)14-7-3/h5H,6-7H2,1-4H3/b9-5+/t11-/m0/s1. The molecule has 0 aromatic heterocycles. The van der Waals surface area contributed by atoms with Gasteiger partial charge in [0.1, 0.15) is 0 Å². The highest BCUT2D eigenvalue weighted by Crippen LogP contribution is 2.31. The zero-order valence-corrected chi connectivity index (χ0v) is 9.26. The second-order valence-corrected chi connectivity index (χ2v) is 3.06. The predicted molar refractivity (Wildman–Crippen MR) is 54.4 cm³/mol. The van der Waals surface area contributed by atoms with Gasteiger partial charge in [0.05, 0.1) is 12.7 Å². The second kappa shape index (κ2) is 5.43. The molecule has 78 valence electrons. The molecule has 0 bridgehead atoms. The van der Waals surface area contributed by atoms with Gasteiger partial charge >= 0.3 is 5.97 Å². The van der Waals surface area contributed by atoms with Crippen molar-refractivity contribution in [2.24, 2.45) is 5.41 Å². The summed E-state index contributed by atoms with van der Waals surface area (Å²) in [4.78, 5) is 11.6. The molecule has 0 aromatic carbocycles. The van der Waals surface area contributed by atoms with E-state index in [9.17, 15) is 4.79 Å². The molecular formula is C11H17NO2. The third-order valence-electron chi connectivity index (χ3n) is 2.45. The lowest BCUT2D eigenvalue weighted by molar-refractivity contribution is -0.150. The van der Waals surface area contributed by atoms with Crippen LogP contribution in [0.15, 0.2) is 11.6 Å². The summed E-state index contributed by atoms with van der Waals surface area (Å²) >= 11 is 0. The van der Waals surface area contributed by atoms with Gasteiger partial charge in [0.15, 0.2) is 5.41 Å². The Labute approximate surface area is 85.4 Å². The molecule has 0 aliphatic rings. The Hall–Kier alpha value is -1.30. The Morgan fingerprint density at radius 3 is 2.43 bits per heavy atom. The zero-order chi connectivity index (χ0) is 11.2. The van der Waals surface area contributed by atoms with Crippen LogP contribution in [0.25, 0.3) is 0 Å². The maximum atomic E-state index is 11.6. The molecule has 0 fully saturated rings. The van der Waals surface area contributed by atoms with E-state index in [1.54, 1.807) is 19.9 Å². The molecule has 0 aromatic rings. The van der Waals surface area contributed by atoms with Crippen molar-refractivity contribution in [1.82, 2.24) is 0 Å². The Balaban J connectivity index is 5.10. The van der Waals surface area contributed by atoms with E-state index in [0.29, 0.717) is 13.0 Å². The van der Waals surface area contributed by atoms with E-state index >= 15 is 0 Å². The molecule has 3 heteroatoms. The monoisotopic (exact) mass is 195 g/mol. The van der Waals surface area contributed by atoms with Crippen LogP contribution in [0.1, 0.15) is 34.1 Å². The van der Waals surface area contributed by atoms with E-state index in [2.05, 4.69) is 6.07 Å². The fraction of sp³-hybridized carbons (Fsp3) is 0.636. The first-order valence-electron chi connectivity index (χ1n) is 4.80. The fourth-order valence-electron chi connectivity index (χ4n) is 1.30. The normalized spacial score (nSPS) is 15.5. The molecule has 1 atom stereocenters. The molecule has 0 aliphatic carbocycles. The average molecular weight is 195 g/mol. The third-order valence-corrected chi connectivity index (χ3v) is 2.45. The Bertz CT molecular complexity index is 276. The highest BCUT2D eigenvalue weighted by atomic mass is 16.5. The van der Waals surface area contributed by atoms with Gasteiger partial charge in [-0.05, 0) is 32.8 Å². The summed E-state index contributed by atoms with van der Waals surface area (Å²) in [6.07, 6.45) is 2.22. The third kappa shape index (κ3) is 2.14. The molecule has 0 unspecified atom stereocenters. The van der Waals surface area contributed by atoms with E-state index in [1.807, 2.05) is 13.8 Å². The first-order valence-corrected chi connectivity index (χ1v) is 4.80. The van der Waals surface area contributed by atoms with Gasteiger partial charge < -0.3 is 4.74 Å². The van der Waals surface area contributed by atoms with Crippen molar-refractivity contribution in [3.63, 3.8) is 0 Å². The van der Waals surface area contributed by atoms with Crippen LogP contribution in [0.2, 0.25) is 0 Å². The Morgan fingerprint density at radius 1 is 1.57 bits per heavy atom. The van der Waals surface area contributed by atoms with Gasteiger partial charge in [-0.2, -0.15) is 5.26 Å². The molecule has 0 aliphatic heterocycles. The van der Waals surface area contributed by atoms with Gasteiger partial charge in [0.2, 0.25) is 0 Å². The first-order chi connectivity index (χ1) is 6.58. The maximum Gasteiger partial charge on any atom is 0.330 e. The van der Waals surface area contributed by atoms with Crippen LogP contribution in [0, 0.1) is 16.7 Å². The molecule has 3 nitrogen and oxygen atoms in total. The van der Waals surface area contributed by atoms with Crippen molar-refractivity contribution in [2.45, 2.75) is 34.1 Å². The minimum Gasteiger partial charge on any atom is -0.465 e. The smallest absolute Gasteiger partial charge is 0.330 e. The predicted octanol–water partition coefficient (Wildman–Crippen LogP) is 2.44. The molecule has 0 spiro atoms. The van der Waals surface area contributed by atoms with Crippen molar-refractivity contribution < 1.29 is 9.53 Å². The van der Waals surface area contributed by atoms with Gasteiger partial charge in [-0.25, -0.2) is 4.79 Å². The van der Waals surface area contributed by atoms with E-state index in [1.165, 1.54) is 0 Å². The van der Waals surface area contributed by atoms with Gasteiger partial charge in [0.25, 0.3) is 0 Å². The summed E-state index contributed by atoms with van der Waals surface area (Å²) in [5.74, 6) is -0.444. The largest absolute Gasteiger partial charge is 0.465 e. The van der Waals surface area contributed by atoms with Crippen LogP contribution < -0.4 is 0 Å². The van der Waals surface area contributed by atoms with Crippen LogP contribution in [-0.2, 0) is 9.53 Å². The van der Waals surface area contributed by atoms with Crippen molar-refractivity contribution in [1.29, 1.82) is 5.26 Å². The number of carbonyl (C=O) groups is 1. The zero-order valence-electron chi connectivity index (χ0n) is 9.26. The lowest BCUT2D eigenvalue weighted by Crippen LogP contribution is -2.32. The molecule has 0 amide bonds. The highest BCUT2D eigenvalue weighted by Gasteiger charge is 2.39. The number of ether oxygens (including phenoxy) is 1. The number of nitrogens with zero attached hydrogens (tertiary/aromatic N) is 1. The van der Waals surface area contributed by atoms with Crippen LogP contribution in [0.4, 0.5) is 0 Å². The van der Waals surface area contributed by atoms with Crippen LogP contribution >= 0.6 is 0 Å². The SMILES string of the molecule is C/C=C(\C)[C@@](C#N)(CC)C(=O)OCC. The van der Waals surface area contributed by atoms with E-state index in [4.69, 9.17) is 10.00 Å². The number of esters is 1. The van der Waals surface area contributed by atoms with Crippen molar-refractivity contribution in [3.05, 3.63) is 11.6 Å². The topological polar surface area (TPSA) is 50.1 Å². The number of nitriles is 1. The van der Waals surface area contributed by atoms with Crippen LogP contribution in [-0.4, -0.2) is 12.6 Å². The molecule has 0 saturated carbocycles. The molecule has 0 saturated heterocycles. The number of carbonyl (C=O) groups excluding carboxylic acids is 1. The summed E-state index contributed by atoms with van der Waals surface area (Å²) in [5.41, 5.74) is -0.342. The number of rotatable bonds is 4. The summed E-state index contributed by atoms with van der Waals surface area (Å²) in [6.45, 7) is 7.45. The lowest BCUT2D eigenvalue weighted by atomic mass is 9.79. The van der Waals surface area contributed by atoms with Crippen molar-refractivity contribution in [2.75, 3.05) is 6.61 Å². The average Bonchev–Trinajstić information content (AvgIpc) is 2.20. The minimum atomic E-state index is -1.09. The first kappa shape index (κ1) is 12.7. The molecule has 0 N–H and O–H groups in total. The maximum absolute atomic E-state index is 11.6. The molecule has 0 radical (unpaired) electrons. The summed E-state index contributed by atoms with van der Waals surface area (Å²) in [5, 5.41) is 9.08. The lowest BCUT2D eigenvalue weighted by Gasteiger charge is -2.23. The molecule has 0 heterocycles. The molecular weight excluding hydrogens is 178 g/mol. The molecule has 0 rings (SSSR count). The number of hydrogen-bond acceptors (Lipinski definition) is 3. The fourth-order valence-corrected chi connectivity index (χ4v) is 1.30. The summed E-state index contributed by atoms with van der Waals surface area (Å²) < 4.78 is 4.91. The Morgan fingerprint density at radius 2 is 2.14 bits per heavy atom. The van der Waals surface area contributed by atoms with E-state index in [0.717, 1.165) is 5.57 Å². The Kier molecular flexibility index (Phi) is 4.93. The summed E-state index contributed by atoms with van der Waals surface area (Å²) in [6, 6.07) is 2.06. The summed E-state index contributed by atoms with van der Waals surface area (Å²) in [7, 11) is 0. The highest BCUT2D eigenvalue weighted by molar-refractivity contribution is 5.83. The second-order valence-electron chi connectivity index (χ2n) is 3.06. The number of hydrogen-bond donors (Lipinski definition) is 0. The van der Waals surface area contributed by atoms with E-state index in [-0.39, 0.29) is 0 Å². The van der Waals surface area contributed by atoms with Crippen LogP contribution in [0.3, 0.4) is 0 Å². The van der Waals surface area contributed by atoms with Gasteiger partial charge in [-0.3, -0.25) is 0 Å². The van der Waals surface area contributed by atoms with Gasteiger partial charge in [0, 0.05) is 0 Å². The van der Waals surface area contributed by atoms with Gasteiger partial charge in [-0.1, -0.05) is 13.0 Å². The van der Waals surface area contributed by atoms with Crippen LogP contribution in [0.5, 0.6) is 0 Å². The van der Waals surface area contributed by atoms with Crippen molar-refractivity contribution in [3.8, 4) is 6.07 Å². The van der Waals surface area contributed by atoms with Gasteiger partial charge in [-0.15, -0.1) is 0 Å². The van der Waals surface area contributed by atoms with E-state index < -0.39 is 11.4 Å². The van der Waals surface area contributed by atoms with Crippen molar-refractivity contribution >= 4 is 5.97 Å².